The molecule has 0 bridgehead atoms. The van der Waals surface area contributed by atoms with E-state index in [0.717, 1.165) is 21.9 Å². The molecule has 0 saturated carbocycles. The van der Waals surface area contributed by atoms with Crippen LogP contribution >= 0.6 is 0 Å². The van der Waals surface area contributed by atoms with Crippen LogP contribution < -0.4 is 5.19 Å². The van der Waals surface area contributed by atoms with Crippen molar-refractivity contribution in [1.82, 2.24) is 9.97 Å². The molecule has 0 atom stereocenters. The van der Waals surface area contributed by atoms with Crippen LogP contribution in [0.15, 0.2) is 114 Å². The topological polar surface area (TPSA) is 38.9 Å². The van der Waals surface area contributed by atoms with Gasteiger partial charge in [0, 0.05) is 56.6 Å². The molecule has 8 heteroatoms. The number of rotatable bonds is 6. The zero-order valence-electron chi connectivity index (χ0n) is 36.1. The Morgan fingerprint density at radius 2 is 1.56 bits per heavy atom. The Bertz CT molecular complexity index is 2480. The van der Waals surface area contributed by atoms with Crippen LogP contribution in [0, 0.1) is 32.7 Å². The standard InChI is InChI=1S/C29H25F3NOSi.C13H12N.Ir/c1-19-18-33-25(17-27(19)35(2,3)15-14-29(30,31)32)24-11-7-10-23-22-13-12-21(16-26(22)34-28(23)24)20-8-5-4-6-9-20;1-10-3-6-12(7-4-10)13-8-5-11(2)9-14-13;/h4-10,12-13,16-18H,14-15H2,1-3H3;3-6,8-9H,1-2H3;/q2*-1;/i1D3;1D3,2D3;. The van der Waals surface area contributed by atoms with E-state index in [2.05, 4.69) is 22.1 Å². The maximum absolute atomic E-state index is 13.1. The number of alkyl halides is 3. The van der Waals surface area contributed by atoms with Crippen molar-refractivity contribution in [1.29, 1.82) is 0 Å². The first-order valence-corrected chi connectivity index (χ1v) is 18.7. The van der Waals surface area contributed by atoms with E-state index in [4.69, 9.17) is 16.8 Å². The molecule has 0 saturated heterocycles. The van der Waals surface area contributed by atoms with E-state index in [-0.39, 0.29) is 42.8 Å². The maximum Gasteiger partial charge on any atom is 0.388 e. The van der Waals surface area contributed by atoms with E-state index in [1.165, 1.54) is 30.6 Å². The number of benzene rings is 4. The molecule has 0 N–H and O–H groups in total. The predicted octanol–water partition coefficient (Wildman–Crippen LogP) is 11.5. The molecule has 0 aliphatic heterocycles. The van der Waals surface area contributed by atoms with Crippen LogP contribution in [-0.2, 0) is 20.1 Å². The Balaban J connectivity index is 0.000000267. The van der Waals surface area contributed by atoms with Gasteiger partial charge in [-0.3, -0.25) is 0 Å². The van der Waals surface area contributed by atoms with Crippen LogP contribution in [-0.4, -0.2) is 24.2 Å². The fraction of sp³-hybridized carbons (Fsp3) is 0.190. The summed E-state index contributed by atoms with van der Waals surface area (Å²) < 4.78 is 113. The van der Waals surface area contributed by atoms with Crippen molar-refractivity contribution in [3.63, 3.8) is 0 Å². The molecular formula is C42H37F3IrN2OSi-2. The number of aromatic nitrogens is 2. The van der Waals surface area contributed by atoms with Gasteiger partial charge < -0.3 is 14.4 Å². The molecule has 0 spiro atoms. The number of hydrogen-bond donors (Lipinski definition) is 0. The van der Waals surface area contributed by atoms with Crippen LogP contribution in [0.25, 0.3) is 55.6 Å². The van der Waals surface area contributed by atoms with Crippen molar-refractivity contribution in [2.75, 3.05) is 0 Å². The summed E-state index contributed by atoms with van der Waals surface area (Å²) in [4.78, 5) is 8.51. The van der Waals surface area contributed by atoms with Gasteiger partial charge in [-0.25, -0.2) is 0 Å². The monoisotopic (exact) mass is 872 g/mol. The zero-order chi connectivity index (χ0) is 42.3. The fourth-order valence-corrected chi connectivity index (χ4v) is 8.12. The molecule has 4 aromatic carbocycles. The van der Waals surface area contributed by atoms with Gasteiger partial charge in [-0.2, -0.15) is 13.2 Å². The van der Waals surface area contributed by atoms with Gasteiger partial charge in [-0.1, -0.05) is 96.7 Å². The largest absolute Gasteiger partial charge is 0.501 e. The third-order valence-corrected chi connectivity index (χ3v) is 11.7. The van der Waals surface area contributed by atoms with E-state index in [1.54, 1.807) is 37.4 Å². The molecule has 0 unspecified atom stereocenters. The van der Waals surface area contributed by atoms with Crippen LogP contribution in [0.3, 0.4) is 0 Å². The molecule has 3 nitrogen and oxygen atoms in total. The van der Waals surface area contributed by atoms with Crippen molar-refractivity contribution < 1.29 is 50.0 Å². The van der Waals surface area contributed by atoms with Crippen molar-refractivity contribution in [2.24, 2.45) is 0 Å². The normalized spacial score (nSPS) is 15.0. The Kier molecular flexibility index (Phi) is 8.07. The predicted molar refractivity (Wildman–Crippen MR) is 197 cm³/mol. The summed E-state index contributed by atoms with van der Waals surface area (Å²) in [6.45, 7) is -3.30. The minimum atomic E-state index is -4.31. The van der Waals surface area contributed by atoms with Gasteiger partial charge >= 0.3 is 6.18 Å². The second-order valence-corrected chi connectivity index (χ2v) is 17.1. The van der Waals surface area contributed by atoms with Crippen molar-refractivity contribution in [3.05, 3.63) is 138 Å². The summed E-state index contributed by atoms with van der Waals surface area (Å²) in [7, 11) is -2.82. The molecule has 3 heterocycles. The van der Waals surface area contributed by atoms with Crippen LogP contribution in [0.5, 0.6) is 0 Å². The third kappa shape index (κ3) is 8.49. The molecular weight excluding hydrogens is 826 g/mol. The quantitative estimate of drug-likeness (QED) is 0.123. The molecule has 257 valence electrons. The second kappa shape index (κ2) is 15.3. The van der Waals surface area contributed by atoms with Crippen LogP contribution in [0.2, 0.25) is 19.1 Å². The summed E-state index contributed by atoms with van der Waals surface area (Å²) in [5.41, 5.74) is 5.80. The minimum absolute atomic E-state index is 0. The molecule has 7 rings (SSSR count). The first-order chi connectivity index (χ1) is 27.0. The van der Waals surface area contributed by atoms with Crippen LogP contribution in [0.4, 0.5) is 13.2 Å². The number of hydrogen-bond acceptors (Lipinski definition) is 3. The summed E-state index contributed by atoms with van der Waals surface area (Å²) in [5.74, 6) is 0. The number of furan rings is 1. The Labute approximate surface area is 318 Å². The van der Waals surface area contributed by atoms with E-state index >= 15 is 0 Å². The molecule has 3 aromatic heterocycles. The summed E-state index contributed by atoms with van der Waals surface area (Å²) >= 11 is 0. The minimum Gasteiger partial charge on any atom is -0.501 e. The van der Waals surface area contributed by atoms with E-state index < -0.39 is 41.2 Å². The molecule has 0 aliphatic carbocycles. The summed E-state index contributed by atoms with van der Waals surface area (Å²) in [5, 5.41) is 2.21. The van der Waals surface area contributed by atoms with Gasteiger partial charge in [0.1, 0.15) is 5.58 Å². The average Bonchev–Trinajstić information content (AvgIpc) is 3.55. The Morgan fingerprint density at radius 1 is 0.780 bits per heavy atom. The van der Waals surface area contributed by atoms with Gasteiger partial charge in [-0.05, 0) is 59.5 Å². The van der Waals surface area contributed by atoms with E-state index in [0.29, 0.717) is 38.9 Å². The first kappa shape index (κ1) is 26.4. The molecule has 0 amide bonds. The fourth-order valence-electron chi connectivity index (χ4n) is 5.62. The van der Waals surface area contributed by atoms with Crippen molar-refractivity contribution >= 4 is 35.2 Å². The zero-order valence-corrected chi connectivity index (χ0v) is 30.5. The van der Waals surface area contributed by atoms with E-state index in [9.17, 15) is 13.2 Å². The molecule has 0 aliphatic rings. The van der Waals surface area contributed by atoms with Gasteiger partial charge in [0.25, 0.3) is 0 Å². The smallest absolute Gasteiger partial charge is 0.388 e. The number of fused-ring (bicyclic) bond motifs is 3. The van der Waals surface area contributed by atoms with Gasteiger partial charge in [-0.15, -0.1) is 53.6 Å². The summed E-state index contributed by atoms with van der Waals surface area (Å²) in [6.07, 6.45) is -2.69. The number of pyridine rings is 2. The third-order valence-electron chi connectivity index (χ3n) is 8.32. The van der Waals surface area contributed by atoms with E-state index in [1.807, 2.05) is 54.6 Å². The molecule has 0 fully saturated rings. The van der Waals surface area contributed by atoms with Gasteiger partial charge in [0.15, 0.2) is 0 Å². The Hall–Kier alpha value is -4.36. The SMILES string of the molecule is [2H]C([2H])([2H])c1c[c-]c(-c2ccc(C([2H])([2H])[2H])cn2)cc1.[2H]C([2H])([2H])c1cnc(-c2[c-]ccc3c2oc2cc(-c4ccccc4)ccc23)cc1[Si](C)(C)CCC(F)(F)F.[Ir]. The molecule has 7 aromatic rings. The van der Waals surface area contributed by atoms with Crippen LogP contribution in [0.1, 0.15) is 35.4 Å². The van der Waals surface area contributed by atoms with Crippen molar-refractivity contribution in [2.45, 2.75) is 52.3 Å². The molecule has 1 radical (unpaired) electrons. The van der Waals surface area contributed by atoms with Gasteiger partial charge in [0.2, 0.25) is 0 Å². The Morgan fingerprint density at radius 3 is 2.24 bits per heavy atom. The summed E-state index contributed by atoms with van der Waals surface area (Å²) in [6, 6.07) is 34.7. The maximum atomic E-state index is 13.1. The van der Waals surface area contributed by atoms with Crippen molar-refractivity contribution in [3.8, 4) is 33.6 Å². The average molecular weight is 872 g/mol. The molecule has 50 heavy (non-hydrogen) atoms. The van der Waals surface area contributed by atoms with Gasteiger partial charge in [0.05, 0.1) is 13.7 Å². The number of aryl methyl sites for hydroxylation is 3. The second-order valence-electron chi connectivity index (χ2n) is 12.3. The number of halogens is 3. The number of nitrogens with zero attached hydrogens (tertiary/aromatic N) is 2. The first-order valence-electron chi connectivity index (χ1n) is 20.0.